The third-order valence-corrected chi connectivity index (χ3v) is 6.36. The lowest BCUT2D eigenvalue weighted by atomic mass is 10.1. The molecule has 4 rings (SSSR count). The van der Waals surface area contributed by atoms with Crippen molar-refractivity contribution in [1.82, 2.24) is 15.2 Å². The Bertz CT molecular complexity index is 906. The van der Waals surface area contributed by atoms with Gasteiger partial charge in [-0.25, -0.2) is 0 Å². The van der Waals surface area contributed by atoms with E-state index < -0.39 is 6.04 Å². The molecule has 1 N–H and O–H groups in total. The molecular weight excluding hydrogens is 378 g/mol. The first-order valence-electron chi connectivity index (χ1n) is 9.01. The van der Waals surface area contributed by atoms with Crippen molar-refractivity contribution in [2.75, 3.05) is 26.5 Å². The number of methoxy groups -OCH3 is 2. The van der Waals surface area contributed by atoms with E-state index in [0.29, 0.717) is 29.4 Å². The average Bonchev–Trinajstić information content (AvgIpc) is 3.28. The van der Waals surface area contributed by atoms with Gasteiger partial charge >= 0.3 is 0 Å². The molecule has 0 bridgehead atoms. The molecule has 8 heteroatoms. The van der Waals surface area contributed by atoms with Crippen LogP contribution in [-0.4, -0.2) is 54.3 Å². The number of nitrogens with one attached hydrogen (secondary N) is 1. The smallest absolute Gasteiger partial charge is 0.260 e. The van der Waals surface area contributed by atoms with E-state index in [0.717, 1.165) is 17.5 Å². The van der Waals surface area contributed by atoms with Gasteiger partial charge in [0.25, 0.3) is 5.91 Å². The van der Waals surface area contributed by atoms with Crippen molar-refractivity contribution < 1.29 is 19.1 Å². The molecule has 2 aromatic rings. The summed E-state index contributed by atoms with van der Waals surface area (Å²) in [7, 11) is 3.06. The van der Waals surface area contributed by atoms with Crippen molar-refractivity contribution in [2.24, 2.45) is 0 Å². The fraction of sp³-hybridized carbons (Fsp3) is 0.350. The van der Waals surface area contributed by atoms with Crippen LogP contribution in [0.2, 0.25) is 0 Å². The van der Waals surface area contributed by atoms with E-state index >= 15 is 0 Å². The molecule has 7 nitrogen and oxygen atoms in total. The van der Waals surface area contributed by atoms with Crippen LogP contribution in [0.1, 0.15) is 26.9 Å². The van der Waals surface area contributed by atoms with Crippen molar-refractivity contribution in [3.05, 3.63) is 53.3 Å². The van der Waals surface area contributed by atoms with E-state index in [1.165, 1.54) is 7.11 Å². The van der Waals surface area contributed by atoms with Crippen LogP contribution in [0.15, 0.2) is 36.7 Å². The maximum Gasteiger partial charge on any atom is 0.260 e. The summed E-state index contributed by atoms with van der Waals surface area (Å²) >= 11 is 1.60. The number of fused-ring (bicyclic) bond motifs is 3. The number of hydrogen-bond donors (Lipinski definition) is 1. The number of ether oxygens (including phenoxy) is 2. The highest BCUT2D eigenvalue weighted by Crippen LogP contribution is 2.52. The minimum atomic E-state index is -0.497. The topological polar surface area (TPSA) is 80.8 Å². The molecule has 2 aliphatic rings. The second-order valence-electron chi connectivity index (χ2n) is 6.58. The van der Waals surface area contributed by atoms with Gasteiger partial charge in [0, 0.05) is 30.3 Å². The van der Waals surface area contributed by atoms with Gasteiger partial charge in [0.1, 0.15) is 11.4 Å². The first-order valence-corrected chi connectivity index (χ1v) is 10.1. The second kappa shape index (κ2) is 7.71. The Morgan fingerprint density at radius 1 is 1.25 bits per heavy atom. The predicted octanol–water partition coefficient (Wildman–Crippen LogP) is 2.03. The van der Waals surface area contributed by atoms with E-state index in [2.05, 4.69) is 10.3 Å². The van der Waals surface area contributed by atoms with Crippen molar-refractivity contribution in [2.45, 2.75) is 17.8 Å². The molecule has 3 heterocycles. The quantitative estimate of drug-likeness (QED) is 0.801. The number of amides is 2. The van der Waals surface area contributed by atoms with Gasteiger partial charge in [0.15, 0.2) is 11.5 Å². The lowest BCUT2D eigenvalue weighted by molar-refractivity contribution is -0.124. The molecule has 2 amide bonds. The average molecular weight is 399 g/mol. The summed E-state index contributed by atoms with van der Waals surface area (Å²) in [5.74, 6) is 1.20. The number of nitrogens with zero attached hydrogens (tertiary/aromatic N) is 2. The van der Waals surface area contributed by atoms with E-state index in [9.17, 15) is 9.59 Å². The summed E-state index contributed by atoms with van der Waals surface area (Å²) in [4.78, 5) is 31.5. The maximum absolute atomic E-state index is 13.1. The first-order chi connectivity index (χ1) is 13.7. The van der Waals surface area contributed by atoms with Gasteiger partial charge in [-0.2, -0.15) is 0 Å². The van der Waals surface area contributed by atoms with E-state index in [1.807, 2.05) is 18.2 Å². The molecule has 2 atom stereocenters. The molecule has 2 unspecified atom stereocenters. The maximum atomic E-state index is 13.1. The largest absolute Gasteiger partial charge is 0.493 e. The number of pyridine rings is 1. The Balaban J connectivity index is 1.49. The van der Waals surface area contributed by atoms with Gasteiger partial charge in [-0.1, -0.05) is 6.07 Å². The first kappa shape index (κ1) is 18.6. The Labute approximate surface area is 167 Å². The Morgan fingerprint density at radius 2 is 2.04 bits per heavy atom. The van der Waals surface area contributed by atoms with Crippen LogP contribution < -0.4 is 14.8 Å². The number of carbonyl (C=O) groups is 2. The molecular formula is C20H21N3O4S. The predicted molar refractivity (Wildman–Crippen MR) is 106 cm³/mol. The standard InChI is InChI=1S/C20H21N3O4S/c1-26-15-4-3-13-16(17(15)27-2)19(25)23-14(11-28-20(13)23)18(24)22-10-7-12-5-8-21-9-6-12/h3-6,8-9,14,20H,7,10-11H2,1-2H3,(H,22,24). The van der Waals surface area contributed by atoms with E-state index in [4.69, 9.17) is 9.47 Å². The normalized spacial score (nSPS) is 19.9. The molecule has 28 heavy (non-hydrogen) atoms. The zero-order valence-corrected chi connectivity index (χ0v) is 16.5. The van der Waals surface area contributed by atoms with Crippen LogP contribution in [0.5, 0.6) is 11.5 Å². The SMILES string of the molecule is COc1ccc2c(c1OC)C(=O)N1C(C(=O)NCCc3ccncc3)CSC21. The van der Waals surface area contributed by atoms with Gasteiger partial charge in [-0.15, -0.1) is 11.8 Å². The van der Waals surface area contributed by atoms with Gasteiger partial charge < -0.3 is 19.7 Å². The van der Waals surface area contributed by atoms with Crippen molar-refractivity contribution in [3.8, 4) is 11.5 Å². The fourth-order valence-electron chi connectivity index (χ4n) is 3.69. The van der Waals surface area contributed by atoms with Crippen LogP contribution in [0.3, 0.4) is 0 Å². The summed E-state index contributed by atoms with van der Waals surface area (Å²) in [6, 6.07) is 7.04. The summed E-state index contributed by atoms with van der Waals surface area (Å²) < 4.78 is 10.8. The highest BCUT2D eigenvalue weighted by atomic mass is 32.2. The molecule has 2 aliphatic heterocycles. The molecule has 0 radical (unpaired) electrons. The van der Waals surface area contributed by atoms with Crippen LogP contribution in [-0.2, 0) is 11.2 Å². The third kappa shape index (κ3) is 3.07. The number of rotatable bonds is 6. The number of benzene rings is 1. The van der Waals surface area contributed by atoms with Gasteiger partial charge in [0.05, 0.1) is 19.8 Å². The van der Waals surface area contributed by atoms with Crippen molar-refractivity contribution >= 4 is 23.6 Å². The van der Waals surface area contributed by atoms with Crippen molar-refractivity contribution in [1.29, 1.82) is 0 Å². The van der Waals surface area contributed by atoms with Gasteiger partial charge in [-0.05, 0) is 30.2 Å². The molecule has 1 fully saturated rings. The molecule has 0 spiro atoms. The molecule has 1 aromatic carbocycles. The third-order valence-electron chi connectivity index (χ3n) is 5.06. The van der Waals surface area contributed by atoms with Crippen LogP contribution in [0.25, 0.3) is 0 Å². The lowest BCUT2D eigenvalue weighted by Gasteiger charge is -2.22. The van der Waals surface area contributed by atoms with Crippen LogP contribution in [0.4, 0.5) is 0 Å². The molecule has 1 saturated heterocycles. The van der Waals surface area contributed by atoms with Crippen molar-refractivity contribution in [3.63, 3.8) is 0 Å². The Kier molecular flexibility index (Phi) is 5.13. The van der Waals surface area contributed by atoms with Crippen LogP contribution >= 0.6 is 11.8 Å². The monoisotopic (exact) mass is 399 g/mol. The summed E-state index contributed by atoms with van der Waals surface area (Å²) in [6.45, 7) is 0.515. The zero-order valence-electron chi connectivity index (χ0n) is 15.7. The van der Waals surface area contributed by atoms with Crippen LogP contribution in [0, 0.1) is 0 Å². The Hall–Kier alpha value is -2.74. The summed E-state index contributed by atoms with van der Waals surface area (Å²) in [5.41, 5.74) is 2.48. The van der Waals surface area contributed by atoms with E-state index in [-0.39, 0.29) is 17.2 Å². The van der Waals surface area contributed by atoms with Gasteiger partial charge in [-0.3, -0.25) is 14.6 Å². The lowest BCUT2D eigenvalue weighted by Crippen LogP contribution is -2.46. The molecule has 1 aromatic heterocycles. The summed E-state index contributed by atoms with van der Waals surface area (Å²) in [5, 5.41) is 2.79. The second-order valence-corrected chi connectivity index (χ2v) is 7.69. The van der Waals surface area contributed by atoms with E-state index in [1.54, 1.807) is 42.2 Å². The number of hydrogen-bond acceptors (Lipinski definition) is 6. The summed E-state index contributed by atoms with van der Waals surface area (Å²) in [6.07, 6.45) is 4.19. The number of carbonyl (C=O) groups excluding carboxylic acids is 2. The minimum Gasteiger partial charge on any atom is -0.493 e. The zero-order chi connectivity index (χ0) is 19.7. The van der Waals surface area contributed by atoms with Gasteiger partial charge in [0.2, 0.25) is 5.91 Å². The molecule has 0 saturated carbocycles. The minimum absolute atomic E-state index is 0.129. The number of aromatic nitrogens is 1. The molecule has 146 valence electrons. The highest BCUT2D eigenvalue weighted by Gasteiger charge is 2.50. The highest BCUT2D eigenvalue weighted by molar-refractivity contribution is 7.99. The Morgan fingerprint density at radius 3 is 2.75 bits per heavy atom. The molecule has 0 aliphatic carbocycles. The fourth-order valence-corrected chi connectivity index (χ4v) is 5.15. The number of thioether (sulfide) groups is 1.